The number of rotatable bonds is 6. The normalized spacial score (nSPS) is 12.1. The average Bonchev–Trinajstić information content (AvgIpc) is 3.41. The van der Waals surface area contributed by atoms with Gasteiger partial charge in [-0.05, 0) is 36.8 Å². The second-order valence-electron chi connectivity index (χ2n) is 6.62. The molecule has 158 valence electrons. The van der Waals surface area contributed by atoms with Crippen LogP contribution in [-0.2, 0) is 9.53 Å². The number of aliphatic hydroxyl groups excluding tert-OH is 1. The van der Waals surface area contributed by atoms with Gasteiger partial charge in [-0.1, -0.05) is 41.6 Å². The number of methoxy groups -OCH3 is 1. The summed E-state index contributed by atoms with van der Waals surface area (Å²) in [6, 6.07) is 13.0. The topological polar surface area (TPSA) is 106 Å². The number of aliphatic hydroxyl groups is 1. The Balaban J connectivity index is 1.64. The van der Waals surface area contributed by atoms with Crippen LogP contribution in [0, 0.1) is 6.92 Å². The molecule has 0 fully saturated rings. The molecule has 0 spiro atoms. The van der Waals surface area contributed by atoms with Crippen LogP contribution in [-0.4, -0.2) is 48.7 Å². The number of benzene rings is 2. The molecule has 2 N–H and O–H groups in total. The number of imidazole rings is 1. The zero-order valence-corrected chi connectivity index (χ0v) is 18.2. The van der Waals surface area contributed by atoms with Gasteiger partial charge < -0.3 is 14.8 Å². The van der Waals surface area contributed by atoms with Crippen LogP contribution in [0.25, 0.3) is 22.3 Å². The molecule has 2 aromatic heterocycles. The number of para-hydroxylation sites is 2. The summed E-state index contributed by atoms with van der Waals surface area (Å²) < 4.78 is 6.62. The molecule has 0 radical (unpaired) electrons. The number of halogens is 1. The summed E-state index contributed by atoms with van der Waals surface area (Å²) in [5.74, 6) is -0.589. The Labute approximate surface area is 186 Å². The van der Waals surface area contributed by atoms with Crippen molar-refractivity contribution in [1.29, 1.82) is 0 Å². The molecule has 0 unspecified atom stereocenters. The third-order valence-corrected chi connectivity index (χ3v) is 5.95. The van der Waals surface area contributed by atoms with Crippen LogP contribution >= 0.6 is 23.4 Å². The number of carbonyl (C=O) groups is 1. The second kappa shape index (κ2) is 8.83. The van der Waals surface area contributed by atoms with Gasteiger partial charge in [-0.3, -0.25) is 4.57 Å². The highest BCUT2D eigenvalue weighted by atomic mass is 35.5. The molecule has 31 heavy (non-hydrogen) atoms. The SMILES string of the molecule is COC(=O)/C(=C(/O)CSc1nncn1-c1ccc(C)c(Cl)c1)c1nc2ccccc2[nH]1. The van der Waals surface area contributed by atoms with E-state index in [4.69, 9.17) is 16.3 Å². The maximum Gasteiger partial charge on any atom is 0.345 e. The Kier molecular flexibility index (Phi) is 5.97. The van der Waals surface area contributed by atoms with E-state index in [1.807, 2.05) is 49.4 Å². The molecular formula is C21H18ClN5O3S. The first kappa shape index (κ1) is 21.0. The van der Waals surface area contributed by atoms with E-state index in [-0.39, 0.29) is 22.9 Å². The molecule has 0 saturated carbocycles. The molecule has 0 aliphatic carbocycles. The predicted molar refractivity (Wildman–Crippen MR) is 119 cm³/mol. The fraction of sp³-hybridized carbons (Fsp3) is 0.143. The van der Waals surface area contributed by atoms with Crippen molar-refractivity contribution < 1.29 is 14.6 Å². The zero-order valence-electron chi connectivity index (χ0n) is 16.7. The van der Waals surface area contributed by atoms with Crippen LogP contribution < -0.4 is 0 Å². The molecule has 0 amide bonds. The number of esters is 1. The number of aromatic nitrogens is 5. The Morgan fingerprint density at radius 2 is 2.10 bits per heavy atom. The van der Waals surface area contributed by atoms with Crippen LogP contribution in [0.2, 0.25) is 5.02 Å². The van der Waals surface area contributed by atoms with E-state index in [0.717, 1.165) is 16.8 Å². The van der Waals surface area contributed by atoms with Crippen molar-refractivity contribution in [3.8, 4) is 5.69 Å². The summed E-state index contributed by atoms with van der Waals surface area (Å²) in [6.45, 7) is 1.92. The number of nitrogens with one attached hydrogen (secondary N) is 1. The molecule has 2 heterocycles. The lowest BCUT2D eigenvalue weighted by Gasteiger charge is -2.09. The van der Waals surface area contributed by atoms with Crippen molar-refractivity contribution in [2.75, 3.05) is 12.9 Å². The number of hydrogen-bond donors (Lipinski definition) is 2. The van der Waals surface area contributed by atoms with Gasteiger partial charge in [0.25, 0.3) is 0 Å². The summed E-state index contributed by atoms with van der Waals surface area (Å²) in [4.78, 5) is 19.8. The van der Waals surface area contributed by atoms with Gasteiger partial charge in [0.1, 0.15) is 23.5 Å². The highest BCUT2D eigenvalue weighted by molar-refractivity contribution is 7.99. The van der Waals surface area contributed by atoms with Crippen molar-refractivity contribution in [2.45, 2.75) is 12.1 Å². The van der Waals surface area contributed by atoms with Gasteiger partial charge in [-0.15, -0.1) is 10.2 Å². The highest BCUT2D eigenvalue weighted by Gasteiger charge is 2.23. The van der Waals surface area contributed by atoms with Crippen LogP contribution in [0.1, 0.15) is 11.4 Å². The minimum absolute atomic E-state index is 0.0318. The number of nitrogens with zero attached hydrogens (tertiary/aromatic N) is 4. The lowest BCUT2D eigenvalue weighted by atomic mass is 10.2. The predicted octanol–water partition coefficient (Wildman–Crippen LogP) is 4.34. The van der Waals surface area contributed by atoms with Gasteiger partial charge >= 0.3 is 5.97 Å². The number of thioether (sulfide) groups is 1. The third-order valence-electron chi connectivity index (χ3n) is 4.59. The van der Waals surface area contributed by atoms with Crippen LogP contribution in [0.3, 0.4) is 0 Å². The van der Waals surface area contributed by atoms with E-state index in [0.29, 0.717) is 15.7 Å². The molecule has 0 aliphatic rings. The van der Waals surface area contributed by atoms with E-state index >= 15 is 0 Å². The fourth-order valence-corrected chi connectivity index (χ4v) is 3.94. The average molecular weight is 456 g/mol. The molecule has 2 aromatic carbocycles. The molecule has 0 aliphatic heterocycles. The number of carbonyl (C=O) groups excluding carboxylic acids is 1. The Morgan fingerprint density at radius 1 is 1.29 bits per heavy atom. The molecule has 4 aromatic rings. The minimum Gasteiger partial charge on any atom is -0.510 e. The molecule has 0 bridgehead atoms. The fourth-order valence-electron chi connectivity index (χ4n) is 2.96. The minimum atomic E-state index is -0.691. The van der Waals surface area contributed by atoms with Crippen molar-refractivity contribution in [3.05, 3.63) is 71.0 Å². The van der Waals surface area contributed by atoms with E-state index in [1.165, 1.54) is 18.9 Å². The van der Waals surface area contributed by atoms with Gasteiger partial charge in [0.15, 0.2) is 5.16 Å². The van der Waals surface area contributed by atoms with Gasteiger partial charge in [0.2, 0.25) is 0 Å². The number of fused-ring (bicyclic) bond motifs is 1. The monoisotopic (exact) mass is 455 g/mol. The van der Waals surface area contributed by atoms with Crippen molar-refractivity contribution in [3.63, 3.8) is 0 Å². The van der Waals surface area contributed by atoms with Crippen LogP contribution in [0.4, 0.5) is 0 Å². The number of ether oxygens (including phenoxy) is 1. The summed E-state index contributed by atoms with van der Waals surface area (Å²) in [5.41, 5.74) is 3.14. The molecular weight excluding hydrogens is 438 g/mol. The lowest BCUT2D eigenvalue weighted by Crippen LogP contribution is -2.10. The Bertz CT molecular complexity index is 1260. The summed E-state index contributed by atoms with van der Waals surface area (Å²) in [5, 5.41) is 20.0. The molecule has 0 saturated heterocycles. The first-order valence-corrected chi connectivity index (χ1v) is 10.6. The maximum absolute atomic E-state index is 12.4. The molecule has 8 nitrogen and oxygen atoms in total. The van der Waals surface area contributed by atoms with E-state index in [1.54, 1.807) is 10.9 Å². The van der Waals surface area contributed by atoms with Gasteiger partial charge in [0, 0.05) is 5.02 Å². The van der Waals surface area contributed by atoms with Gasteiger partial charge in [-0.25, -0.2) is 9.78 Å². The maximum atomic E-state index is 12.4. The first-order valence-electron chi connectivity index (χ1n) is 9.23. The standard InChI is InChI=1S/C21H18ClN5O3S/c1-12-7-8-13(9-14(12)22)27-11-23-26-21(27)31-10-17(28)18(20(29)30-2)19-24-15-5-3-4-6-16(15)25-19/h3-9,11,28H,10H2,1-2H3,(H,24,25)/b18-17+. The van der Waals surface area contributed by atoms with Crippen LogP contribution in [0.5, 0.6) is 0 Å². The highest BCUT2D eigenvalue weighted by Crippen LogP contribution is 2.27. The van der Waals surface area contributed by atoms with E-state index < -0.39 is 5.97 Å². The number of H-pyrrole nitrogens is 1. The van der Waals surface area contributed by atoms with Crippen molar-refractivity contribution >= 4 is 45.9 Å². The quantitative estimate of drug-likeness (QED) is 0.193. The Hall–Kier alpha value is -3.30. The van der Waals surface area contributed by atoms with Crippen LogP contribution in [0.15, 0.2) is 59.7 Å². The lowest BCUT2D eigenvalue weighted by molar-refractivity contribution is -0.133. The largest absolute Gasteiger partial charge is 0.510 e. The third kappa shape index (κ3) is 4.28. The summed E-state index contributed by atoms with van der Waals surface area (Å²) in [7, 11) is 1.25. The second-order valence-corrected chi connectivity index (χ2v) is 7.97. The molecule has 4 rings (SSSR count). The van der Waals surface area contributed by atoms with Gasteiger partial charge in [0.05, 0.1) is 29.6 Å². The zero-order chi connectivity index (χ0) is 22.0. The summed E-state index contributed by atoms with van der Waals surface area (Å²) >= 11 is 7.45. The van der Waals surface area contributed by atoms with E-state index in [2.05, 4.69) is 20.2 Å². The molecule has 10 heteroatoms. The number of hydrogen-bond acceptors (Lipinski definition) is 7. The first-order chi connectivity index (χ1) is 15.0. The van der Waals surface area contributed by atoms with E-state index in [9.17, 15) is 9.90 Å². The smallest absolute Gasteiger partial charge is 0.345 e. The van der Waals surface area contributed by atoms with Crippen molar-refractivity contribution in [1.82, 2.24) is 24.7 Å². The molecule has 0 atom stereocenters. The van der Waals surface area contributed by atoms with Crippen molar-refractivity contribution in [2.24, 2.45) is 0 Å². The number of aryl methyl sites for hydroxylation is 1. The van der Waals surface area contributed by atoms with Gasteiger partial charge in [-0.2, -0.15) is 0 Å². The summed E-state index contributed by atoms with van der Waals surface area (Å²) in [6.07, 6.45) is 1.56. The Morgan fingerprint density at radius 3 is 2.84 bits per heavy atom. The number of aromatic amines is 1.